The first kappa shape index (κ1) is 17.0. The Hall–Kier alpha value is -2.87. The van der Waals surface area contributed by atoms with Gasteiger partial charge in [0.2, 0.25) is 0 Å². The highest BCUT2D eigenvalue weighted by molar-refractivity contribution is 7.09. The van der Waals surface area contributed by atoms with Gasteiger partial charge in [0.15, 0.2) is 0 Å². The average Bonchev–Trinajstić information content (AvgIpc) is 3.17. The van der Waals surface area contributed by atoms with Crippen molar-refractivity contribution in [3.63, 3.8) is 0 Å². The lowest BCUT2D eigenvalue weighted by molar-refractivity contribution is 0.395. The minimum Gasteiger partial charge on any atom is -0.497 e. The molecule has 3 rings (SSSR count). The van der Waals surface area contributed by atoms with E-state index >= 15 is 0 Å². The van der Waals surface area contributed by atoms with Crippen molar-refractivity contribution in [2.75, 3.05) is 24.9 Å². The summed E-state index contributed by atoms with van der Waals surface area (Å²) < 4.78 is 10.6. The third-order valence-corrected chi connectivity index (χ3v) is 4.54. The molecule has 8 heteroatoms. The summed E-state index contributed by atoms with van der Waals surface area (Å²) in [6.45, 7) is 2.06. The Morgan fingerprint density at radius 3 is 2.64 bits per heavy atom. The van der Waals surface area contributed by atoms with E-state index in [0.717, 1.165) is 22.1 Å². The molecular weight excluding hydrogens is 338 g/mol. The van der Waals surface area contributed by atoms with Gasteiger partial charge in [-0.15, -0.1) is 11.3 Å². The summed E-state index contributed by atoms with van der Waals surface area (Å²) in [5, 5.41) is 6.59. The molecule has 2 N–H and O–H groups in total. The second kappa shape index (κ2) is 7.80. The van der Waals surface area contributed by atoms with E-state index in [-0.39, 0.29) is 6.04 Å². The second-order valence-corrected chi connectivity index (χ2v) is 6.17. The lowest BCUT2D eigenvalue weighted by Gasteiger charge is -2.14. The van der Waals surface area contributed by atoms with Crippen LogP contribution in [-0.4, -0.2) is 29.2 Å². The standard InChI is InChI=1S/C17H19N5O2S/c1-11(15-8-18-10-25-15)21-16-7-17(20-9-19-16)22-13-5-4-12(23-2)6-14(13)24-3/h4-11H,1-3H3,(H2,19,20,21,22)/t11-/m0/s1. The molecule has 130 valence electrons. The third kappa shape index (κ3) is 4.16. The summed E-state index contributed by atoms with van der Waals surface area (Å²) in [5.74, 6) is 2.79. The summed E-state index contributed by atoms with van der Waals surface area (Å²) in [6, 6.07) is 7.52. The van der Waals surface area contributed by atoms with Crippen LogP contribution in [0.2, 0.25) is 0 Å². The fraction of sp³-hybridized carbons (Fsp3) is 0.235. The molecule has 1 aromatic carbocycles. The minimum absolute atomic E-state index is 0.116. The maximum absolute atomic E-state index is 5.40. The van der Waals surface area contributed by atoms with Gasteiger partial charge in [-0.05, 0) is 19.1 Å². The number of aromatic nitrogens is 3. The number of benzene rings is 1. The first-order valence-electron chi connectivity index (χ1n) is 7.65. The Morgan fingerprint density at radius 1 is 1.08 bits per heavy atom. The van der Waals surface area contributed by atoms with Crippen LogP contribution in [0.1, 0.15) is 17.8 Å². The third-order valence-electron chi connectivity index (χ3n) is 3.58. The number of rotatable bonds is 7. The van der Waals surface area contributed by atoms with Gasteiger partial charge in [-0.1, -0.05) is 0 Å². The van der Waals surface area contributed by atoms with Crippen LogP contribution in [0, 0.1) is 0 Å². The first-order valence-corrected chi connectivity index (χ1v) is 8.53. The van der Waals surface area contributed by atoms with Gasteiger partial charge in [-0.3, -0.25) is 4.98 Å². The quantitative estimate of drug-likeness (QED) is 0.664. The van der Waals surface area contributed by atoms with Crippen LogP contribution in [0.3, 0.4) is 0 Å². The summed E-state index contributed by atoms with van der Waals surface area (Å²) in [4.78, 5) is 13.8. The van der Waals surface area contributed by atoms with E-state index in [1.165, 1.54) is 6.33 Å². The van der Waals surface area contributed by atoms with Crippen molar-refractivity contribution in [2.24, 2.45) is 0 Å². The molecule has 7 nitrogen and oxygen atoms in total. The molecule has 0 unspecified atom stereocenters. The summed E-state index contributed by atoms with van der Waals surface area (Å²) in [6.07, 6.45) is 3.37. The molecule has 25 heavy (non-hydrogen) atoms. The normalized spacial score (nSPS) is 11.6. The van der Waals surface area contributed by atoms with E-state index in [9.17, 15) is 0 Å². The molecule has 2 heterocycles. The number of nitrogens with zero attached hydrogens (tertiary/aromatic N) is 3. The topological polar surface area (TPSA) is 81.2 Å². The van der Waals surface area contributed by atoms with Crippen LogP contribution in [0.5, 0.6) is 11.5 Å². The van der Waals surface area contributed by atoms with E-state index in [2.05, 4.69) is 32.5 Å². The van der Waals surface area contributed by atoms with Crippen LogP contribution in [-0.2, 0) is 0 Å². The molecule has 2 aromatic heterocycles. The van der Waals surface area contributed by atoms with Gasteiger partial charge in [0.25, 0.3) is 0 Å². The number of ether oxygens (including phenoxy) is 2. The molecule has 0 amide bonds. The van der Waals surface area contributed by atoms with Gasteiger partial charge in [0.05, 0.1) is 31.5 Å². The van der Waals surface area contributed by atoms with Crippen molar-refractivity contribution in [3.8, 4) is 11.5 Å². The molecule has 3 aromatic rings. The maximum Gasteiger partial charge on any atom is 0.146 e. The molecule has 0 saturated carbocycles. The summed E-state index contributed by atoms with van der Waals surface area (Å²) in [5.41, 5.74) is 2.61. The average molecular weight is 357 g/mol. The molecular formula is C17H19N5O2S. The molecule has 0 spiro atoms. The number of methoxy groups -OCH3 is 2. The summed E-state index contributed by atoms with van der Waals surface area (Å²) in [7, 11) is 3.23. The zero-order valence-corrected chi connectivity index (χ0v) is 15.0. The van der Waals surface area contributed by atoms with Gasteiger partial charge >= 0.3 is 0 Å². The largest absolute Gasteiger partial charge is 0.497 e. The van der Waals surface area contributed by atoms with E-state index < -0.39 is 0 Å². The Kier molecular flexibility index (Phi) is 5.30. The Bertz CT molecular complexity index is 826. The fourth-order valence-corrected chi connectivity index (χ4v) is 2.90. The summed E-state index contributed by atoms with van der Waals surface area (Å²) >= 11 is 1.60. The minimum atomic E-state index is 0.116. The van der Waals surface area contributed by atoms with Gasteiger partial charge in [-0.25, -0.2) is 9.97 Å². The van der Waals surface area contributed by atoms with Crippen LogP contribution < -0.4 is 20.1 Å². The Labute approximate surface area is 150 Å². The number of nitrogens with one attached hydrogen (secondary N) is 2. The number of anilines is 3. The van der Waals surface area contributed by atoms with Crippen molar-refractivity contribution in [1.82, 2.24) is 15.0 Å². The van der Waals surface area contributed by atoms with Gasteiger partial charge < -0.3 is 20.1 Å². The van der Waals surface area contributed by atoms with Crippen molar-refractivity contribution in [1.29, 1.82) is 0 Å². The molecule has 0 radical (unpaired) electrons. The second-order valence-electron chi connectivity index (χ2n) is 5.25. The molecule has 0 aliphatic heterocycles. The zero-order chi connectivity index (χ0) is 17.6. The SMILES string of the molecule is COc1ccc(Nc2cc(N[C@@H](C)c3cncs3)ncn2)c(OC)c1. The smallest absolute Gasteiger partial charge is 0.146 e. The van der Waals surface area contributed by atoms with E-state index in [4.69, 9.17) is 9.47 Å². The number of hydrogen-bond donors (Lipinski definition) is 2. The van der Waals surface area contributed by atoms with E-state index in [1.807, 2.05) is 36.0 Å². The highest BCUT2D eigenvalue weighted by atomic mass is 32.1. The van der Waals surface area contributed by atoms with Crippen molar-refractivity contribution < 1.29 is 9.47 Å². The maximum atomic E-state index is 5.40. The Balaban J connectivity index is 1.76. The van der Waals surface area contributed by atoms with Gasteiger partial charge in [0, 0.05) is 23.2 Å². The molecule has 0 bridgehead atoms. The molecule has 0 aliphatic carbocycles. The van der Waals surface area contributed by atoms with Crippen molar-refractivity contribution >= 4 is 28.7 Å². The number of thiazole rings is 1. The van der Waals surface area contributed by atoms with Gasteiger partial charge in [0.1, 0.15) is 29.5 Å². The highest BCUT2D eigenvalue weighted by Gasteiger charge is 2.10. The highest BCUT2D eigenvalue weighted by Crippen LogP contribution is 2.31. The van der Waals surface area contributed by atoms with Crippen molar-refractivity contribution in [3.05, 3.63) is 47.2 Å². The zero-order valence-electron chi connectivity index (χ0n) is 14.2. The molecule has 0 saturated heterocycles. The molecule has 0 aliphatic rings. The van der Waals surface area contributed by atoms with E-state index in [1.54, 1.807) is 25.6 Å². The lowest BCUT2D eigenvalue weighted by atomic mass is 10.2. The van der Waals surface area contributed by atoms with Crippen molar-refractivity contribution in [2.45, 2.75) is 13.0 Å². The fourth-order valence-electron chi connectivity index (χ4n) is 2.28. The predicted octanol–water partition coefficient (Wildman–Crippen LogP) is 3.87. The lowest BCUT2D eigenvalue weighted by Crippen LogP contribution is -2.07. The van der Waals surface area contributed by atoms with Crippen LogP contribution in [0.25, 0.3) is 0 Å². The monoisotopic (exact) mass is 357 g/mol. The molecule has 0 fully saturated rings. The predicted molar refractivity (Wildman–Crippen MR) is 99.0 cm³/mol. The number of hydrogen-bond acceptors (Lipinski definition) is 8. The Morgan fingerprint density at radius 2 is 1.92 bits per heavy atom. The van der Waals surface area contributed by atoms with Crippen LogP contribution in [0.15, 0.2) is 42.3 Å². The van der Waals surface area contributed by atoms with Crippen LogP contribution in [0.4, 0.5) is 17.3 Å². The first-order chi connectivity index (χ1) is 12.2. The van der Waals surface area contributed by atoms with Gasteiger partial charge in [-0.2, -0.15) is 0 Å². The molecule has 1 atom stereocenters. The van der Waals surface area contributed by atoms with Crippen LogP contribution >= 0.6 is 11.3 Å². The van der Waals surface area contributed by atoms with E-state index in [0.29, 0.717) is 11.6 Å².